The first-order valence-electron chi connectivity index (χ1n) is 9.77. The fraction of sp³-hybridized carbons (Fsp3) is 0.217. The standard InChI is InChI=1S/C23H22N4O4/c1-15-21-18(23(29)31-14-20(28)26(2)13-17-10-7-11-30-17)12-19(16-8-5-4-6-9-16)24-22(21)27(3)25-15/h4-12H,13-14H2,1-3H3. The lowest BCUT2D eigenvalue weighted by molar-refractivity contribution is -0.133. The minimum Gasteiger partial charge on any atom is -0.467 e. The van der Waals surface area contributed by atoms with E-state index in [4.69, 9.17) is 9.15 Å². The first-order valence-corrected chi connectivity index (χ1v) is 9.77. The number of esters is 1. The maximum atomic E-state index is 13.0. The van der Waals surface area contributed by atoms with E-state index in [2.05, 4.69) is 10.1 Å². The molecule has 4 rings (SSSR count). The second-order valence-corrected chi connectivity index (χ2v) is 7.23. The number of pyridine rings is 1. The number of likely N-dealkylation sites (N-methyl/N-ethyl adjacent to an activating group) is 1. The Balaban J connectivity index is 1.59. The van der Waals surface area contributed by atoms with Crippen LogP contribution >= 0.6 is 0 Å². The zero-order valence-electron chi connectivity index (χ0n) is 17.5. The van der Waals surface area contributed by atoms with Gasteiger partial charge in [-0.15, -0.1) is 0 Å². The Labute approximate surface area is 179 Å². The first-order chi connectivity index (χ1) is 14.9. The van der Waals surface area contributed by atoms with Crippen LogP contribution in [0.1, 0.15) is 21.8 Å². The molecule has 0 saturated heterocycles. The summed E-state index contributed by atoms with van der Waals surface area (Å²) in [4.78, 5) is 31.5. The number of benzene rings is 1. The average Bonchev–Trinajstić information content (AvgIpc) is 3.39. The molecule has 1 aromatic carbocycles. The highest BCUT2D eigenvalue weighted by molar-refractivity contribution is 6.05. The molecule has 0 bridgehead atoms. The Morgan fingerprint density at radius 1 is 1.16 bits per heavy atom. The summed E-state index contributed by atoms with van der Waals surface area (Å²) in [5.74, 6) is -0.279. The molecular weight excluding hydrogens is 396 g/mol. The summed E-state index contributed by atoms with van der Waals surface area (Å²) in [6, 6.07) is 14.8. The van der Waals surface area contributed by atoms with Crippen molar-refractivity contribution >= 4 is 22.9 Å². The van der Waals surface area contributed by atoms with Gasteiger partial charge in [0.05, 0.1) is 35.1 Å². The molecule has 31 heavy (non-hydrogen) atoms. The monoisotopic (exact) mass is 418 g/mol. The lowest BCUT2D eigenvalue weighted by atomic mass is 10.1. The van der Waals surface area contributed by atoms with Gasteiger partial charge in [0.15, 0.2) is 12.3 Å². The van der Waals surface area contributed by atoms with Gasteiger partial charge in [-0.05, 0) is 25.1 Å². The molecule has 0 spiro atoms. The summed E-state index contributed by atoms with van der Waals surface area (Å²) < 4.78 is 12.3. The van der Waals surface area contributed by atoms with E-state index in [0.29, 0.717) is 40.3 Å². The summed E-state index contributed by atoms with van der Waals surface area (Å²) in [6.07, 6.45) is 1.54. The smallest absolute Gasteiger partial charge is 0.339 e. The normalized spacial score (nSPS) is 10.9. The van der Waals surface area contributed by atoms with Gasteiger partial charge in [-0.1, -0.05) is 30.3 Å². The van der Waals surface area contributed by atoms with Crippen molar-refractivity contribution in [3.05, 3.63) is 71.8 Å². The lowest BCUT2D eigenvalue weighted by Gasteiger charge is -2.16. The molecule has 3 aromatic heterocycles. The lowest BCUT2D eigenvalue weighted by Crippen LogP contribution is -2.30. The van der Waals surface area contributed by atoms with Crippen molar-refractivity contribution in [2.24, 2.45) is 7.05 Å². The van der Waals surface area contributed by atoms with Crippen LogP contribution in [-0.4, -0.2) is 45.2 Å². The van der Waals surface area contributed by atoms with Crippen LogP contribution < -0.4 is 0 Å². The summed E-state index contributed by atoms with van der Waals surface area (Å²) >= 11 is 0. The van der Waals surface area contributed by atoms with E-state index >= 15 is 0 Å². The zero-order chi connectivity index (χ0) is 22.0. The van der Waals surface area contributed by atoms with Crippen LogP contribution in [0.3, 0.4) is 0 Å². The summed E-state index contributed by atoms with van der Waals surface area (Å²) in [5, 5.41) is 5.01. The molecule has 0 aliphatic rings. The quantitative estimate of drug-likeness (QED) is 0.446. The fourth-order valence-electron chi connectivity index (χ4n) is 3.40. The molecule has 4 aromatic rings. The van der Waals surface area contributed by atoms with Gasteiger partial charge in [-0.3, -0.25) is 9.48 Å². The zero-order valence-corrected chi connectivity index (χ0v) is 17.5. The van der Waals surface area contributed by atoms with Crippen molar-refractivity contribution < 1.29 is 18.7 Å². The van der Waals surface area contributed by atoms with Crippen molar-refractivity contribution in [1.82, 2.24) is 19.7 Å². The van der Waals surface area contributed by atoms with E-state index in [9.17, 15) is 9.59 Å². The number of aryl methyl sites for hydroxylation is 2. The van der Waals surface area contributed by atoms with Gasteiger partial charge in [-0.2, -0.15) is 5.10 Å². The Morgan fingerprint density at radius 2 is 1.94 bits per heavy atom. The Morgan fingerprint density at radius 3 is 2.65 bits per heavy atom. The number of ether oxygens (including phenoxy) is 1. The van der Waals surface area contributed by atoms with E-state index in [1.807, 2.05) is 37.3 Å². The maximum Gasteiger partial charge on any atom is 0.339 e. The van der Waals surface area contributed by atoms with E-state index < -0.39 is 5.97 Å². The number of furan rings is 1. The maximum absolute atomic E-state index is 13.0. The van der Waals surface area contributed by atoms with Crippen LogP contribution in [0.5, 0.6) is 0 Å². The van der Waals surface area contributed by atoms with Crippen LogP contribution in [-0.2, 0) is 23.1 Å². The van der Waals surface area contributed by atoms with Crippen LogP contribution in [0.25, 0.3) is 22.3 Å². The van der Waals surface area contributed by atoms with E-state index in [0.717, 1.165) is 5.56 Å². The van der Waals surface area contributed by atoms with Crippen molar-refractivity contribution in [3.8, 4) is 11.3 Å². The predicted molar refractivity (Wildman–Crippen MR) is 114 cm³/mol. The Bertz CT molecular complexity index is 1230. The number of fused-ring (bicyclic) bond motifs is 1. The third-order valence-electron chi connectivity index (χ3n) is 4.98. The number of amides is 1. The molecule has 0 N–H and O–H groups in total. The van der Waals surface area contributed by atoms with Gasteiger partial charge in [0.1, 0.15) is 5.76 Å². The molecule has 158 valence electrons. The van der Waals surface area contributed by atoms with Crippen LogP contribution in [0, 0.1) is 6.92 Å². The topological polar surface area (TPSA) is 90.5 Å². The average molecular weight is 418 g/mol. The number of carbonyl (C=O) groups excluding carboxylic acids is 2. The van der Waals surface area contributed by atoms with Crippen LogP contribution in [0.15, 0.2) is 59.2 Å². The van der Waals surface area contributed by atoms with Crippen LogP contribution in [0.2, 0.25) is 0 Å². The number of hydrogen-bond acceptors (Lipinski definition) is 6. The van der Waals surface area contributed by atoms with E-state index in [1.54, 1.807) is 43.2 Å². The number of hydrogen-bond donors (Lipinski definition) is 0. The third-order valence-corrected chi connectivity index (χ3v) is 4.98. The highest BCUT2D eigenvalue weighted by atomic mass is 16.5. The van der Waals surface area contributed by atoms with Crippen molar-refractivity contribution in [1.29, 1.82) is 0 Å². The molecule has 8 heteroatoms. The van der Waals surface area contributed by atoms with Crippen molar-refractivity contribution in [3.63, 3.8) is 0 Å². The molecule has 0 saturated carbocycles. The van der Waals surface area contributed by atoms with E-state index in [1.165, 1.54) is 4.90 Å². The predicted octanol–water partition coefficient (Wildman–Crippen LogP) is 3.35. The minimum atomic E-state index is -0.597. The van der Waals surface area contributed by atoms with Gasteiger partial charge in [0.25, 0.3) is 5.91 Å². The molecule has 1 amide bonds. The highest BCUT2D eigenvalue weighted by Gasteiger charge is 2.22. The number of aromatic nitrogens is 3. The van der Waals surface area contributed by atoms with Gasteiger partial charge >= 0.3 is 5.97 Å². The van der Waals surface area contributed by atoms with Crippen LogP contribution in [0.4, 0.5) is 0 Å². The molecule has 0 atom stereocenters. The van der Waals surface area contributed by atoms with E-state index in [-0.39, 0.29) is 12.5 Å². The Hall–Kier alpha value is -3.94. The number of rotatable bonds is 6. The molecule has 8 nitrogen and oxygen atoms in total. The van der Waals surface area contributed by atoms with Gasteiger partial charge in [0.2, 0.25) is 0 Å². The van der Waals surface area contributed by atoms with Gasteiger partial charge in [0, 0.05) is 19.7 Å². The molecule has 0 fully saturated rings. The third kappa shape index (κ3) is 4.18. The largest absolute Gasteiger partial charge is 0.467 e. The SMILES string of the molecule is Cc1nn(C)c2nc(-c3ccccc3)cc(C(=O)OCC(=O)N(C)Cc3ccco3)c12. The number of carbonyl (C=O) groups is 2. The second kappa shape index (κ2) is 8.43. The van der Waals surface area contributed by atoms with Crippen molar-refractivity contribution in [2.75, 3.05) is 13.7 Å². The van der Waals surface area contributed by atoms with Crippen molar-refractivity contribution in [2.45, 2.75) is 13.5 Å². The van der Waals surface area contributed by atoms with Gasteiger partial charge < -0.3 is 14.1 Å². The molecule has 0 radical (unpaired) electrons. The summed E-state index contributed by atoms with van der Waals surface area (Å²) in [6.45, 7) is 1.73. The summed E-state index contributed by atoms with van der Waals surface area (Å²) in [5.41, 5.74) is 3.07. The molecular formula is C23H22N4O4. The Kier molecular flexibility index (Phi) is 5.53. The number of nitrogens with zero attached hydrogens (tertiary/aromatic N) is 4. The molecule has 0 unspecified atom stereocenters. The molecule has 0 aliphatic heterocycles. The molecule has 0 aliphatic carbocycles. The molecule has 3 heterocycles. The summed E-state index contributed by atoms with van der Waals surface area (Å²) in [7, 11) is 3.40. The highest BCUT2D eigenvalue weighted by Crippen LogP contribution is 2.27. The van der Waals surface area contributed by atoms with Gasteiger partial charge in [-0.25, -0.2) is 9.78 Å². The fourth-order valence-corrected chi connectivity index (χ4v) is 3.40. The minimum absolute atomic E-state index is 0.294. The second-order valence-electron chi connectivity index (χ2n) is 7.23. The first kappa shape index (κ1) is 20.3.